The van der Waals surface area contributed by atoms with Gasteiger partial charge in [0.1, 0.15) is 18.1 Å². The largest absolute Gasteiger partial charge is 0.497 e. The van der Waals surface area contributed by atoms with Gasteiger partial charge in [-0.1, -0.05) is 6.07 Å². The molecule has 0 radical (unpaired) electrons. The molecule has 2 aliphatic rings. The lowest BCUT2D eigenvalue weighted by Gasteiger charge is -2.43. The second-order valence-corrected chi connectivity index (χ2v) is 6.71. The molecular weight excluding hydrogens is 308 g/mol. The maximum absolute atomic E-state index is 12.5. The molecule has 0 aromatic heterocycles. The second kappa shape index (κ2) is 7.40. The number of methoxy groups -OCH3 is 1. The number of ether oxygens (including phenoxy) is 3. The Morgan fingerprint density at radius 2 is 1.92 bits per heavy atom. The van der Waals surface area contributed by atoms with Gasteiger partial charge >= 0.3 is 0 Å². The van der Waals surface area contributed by atoms with E-state index in [1.165, 1.54) is 0 Å². The molecule has 6 heteroatoms. The SMILES string of the molecule is COc1cccc(OCCN2CCN(C(=O)C3(C)COC3)CC2)c1. The molecule has 2 fully saturated rings. The zero-order valence-electron chi connectivity index (χ0n) is 14.5. The van der Waals surface area contributed by atoms with Crippen LogP contribution in [0, 0.1) is 5.41 Å². The van der Waals surface area contributed by atoms with E-state index < -0.39 is 0 Å². The first-order valence-corrected chi connectivity index (χ1v) is 8.47. The van der Waals surface area contributed by atoms with E-state index in [0.29, 0.717) is 19.8 Å². The molecule has 0 atom stereocenters. The summed E-state index contributed by atoms with van der Waals surface area (Å²) in [6, 6.07) is 7.64. The molecule has 24 heavy (non-hydrogen) atoms. The molecule has 0 spiro atoms. The van der Waals surface area contributed by atoms with Gasteiger partial charge in [0.15, 0.2) is 0 Å². The van der Waals surface area contributed by atoms with Gasteiger partial charge in [0.2, 0.25) is 5.91 Å². The molecular formula is C18H26N2O4. The number of rotatable bonds is 6. The number of hydrogen-bond donors (Lipinski definition) is 0. The Labute approximate surface area is 143 Å². The maximum atomic E-state index is 12.5. The van der Waals surface area contributed by atoms with Crippen LogP contribution in [0.2, 0.25) is 0 Å². The lowest BCUT2D eigenvalue weighted by Crippen LogP contribution is -2.58. The first-order valence-electron chi connectivity index (χ1n) is 8.47. The summed E-state index contributed by atoms with van der Waals surface area (Å²) in [5.41, 5.74) is -0.294. The topological polar surface area (TPSA) is 51.2 Å². The van der Waals surface area contributed by atoms with Crippen LogP contribution in [0.1, 0.15) is 6.92 Å². The molecule has 0 saturated carbocycles. The summed E-state index contributed by atoms with van der Waals surface area (Å²) in [6.07, 6.45) is 0. The molecule has 1 amide bonds. The van der Waals surface area contributed by atoms with Crippen molar-refractivity contribution in [3.8, 4) is 11.5 Å². The van der Waals surface area contributed by atoms with Crippen molar-refractivity contribution in [2.24, 2.45) is 5.41 Å². The average molecular weight is 334 g/mol. The summed E-state index contributed by atoms with van der Waals surface area (Å²) in [5, 5.41) is 0. The van der Waals surface area contributed by atoms with Crippen molar-refractivity contribution in [2.75, 3.05) is 59.7 Å². The van der Waals surface area contributed by atoms with Crippen LogP contribution < -0.4 is 9.47 Å². The van der Waals surface area contributed by atoms with Crippen LogP contribution in [-0.4, -0.2) is 75.4 Å². The van der Waals surface area contributed by atoms with E-state index in [2.05, 4.69) is 4.90 Å². The summed E-state index contributed by atoms with van der Waals surface area (Å²) in [4.78, 5) is 16.8. The third-order valence-corrected chi connectivity index (χ3v) is 4.73. The zero-order valence-corrected chi connectivity index (χ0v) is 14.5. The van der Waals surface area contributed by atoms with Gasteiger partial charge in [0.05, 0.1) is 25.7 Å². The van der Waals surface area contributed by atoms with Crippen molar-refractivity contribution in [1.82, 2.24) is 9.80 Å². The van der Waals surface area contributed by atoms with E-state index in [4.69, 9.17) is 14.2 Å². The second-order valence-electron chi connectivity index (χ2n) is 6.71. The fraction of sp³-hybridized carbons (Fsp3) is 0.611. The van der Waals surface area contributed by atoms with Gasteiger partial charge in [-0.3, -0.25) is 9.69 Å². The maximum Gasteiger partial charge on any atom is 0.233 e. The molecule has 1 aromatic carbocycles. The van der Waals surface area contributed by atoms with E-state index in [1.807, 2.05) is 36.1 Å². The van der Waals surface area contributed by atoms with E-state index in [0.717, 1.165) is 44.2 Å². The van der Waals surface area contributed by atoms with Gasteiger partial charge in [-0.15, -0.1) is 0 Å². The summed E-state index contributed by atoms with van der Waals surface area (Å²) in [5.74, 6) is 1.86. The molecule has 6 nitrogen and oxygen atoms in total. The van der Waals surface area contributed by atoms with E-state index in [1.54, 1.807) is 7.11 Å². The van der Waals surface area contributed by atoms with Gasteiger partial charge < -0.3 is 19.1 Å². The zero-order chi connectivity index (χ0) is 17.0. The minimum atomic E-state index is -0.294. The van der Waals surface area contributed by atoms with Gasteiger partial charge in [0, 0.05) is 38.8 Å². The van der Waals surface area contributed by atoms with Crippen molar-refractivity contribution in [3.63, 3.8) is 0 Å². The highest BCUT2D eigenvalue weighted by atomic mass is 16.5. The number of benzene rings is 1. The number of carbonyl (C=O) groups excluding carboxylic acids is 1. The highest BCUT2D eigenvalue weighted by Crippen LogP contribution is 2.29. The minimum absolute atomic E-state index is 0.237. The Hall–Kier alpha value is -1.79. The Morgan fingerprint density at radius 1 is 1.21 bits per heavy atom. The Bertz CT molecular complexity index is 566. The van der Waals surface area contributed by atoms with Crippen LogP contribution in [0.25, 0.3) is 0 Å². The van der Waals surface area contributed by atoms with Gasteiger partial charge in [-0.25, -0.2) is 0 Å². The molecule has 132 valence electrons. The molecule has 0 N–H and O–H groups in total. The summed E-state index contributed by atoms with van der Waals surface area (Å²) in [6.45, 7) is 7.95. The third-order valence-electron chi connectivity index (χ3n) is 4.73. The third kappa shape index (κ3) is 3.82. The summed E-state index contributed by atoms with van der Waals surface area (Å²) in [7, 11) is 1.65. The Balaban J connectivity index is 1.38. The molecule has 2 aliphatic heterocycles. The average Bonchev–Trinajstić information content (AvgIpc) is 2.60. The number of carbonyl (C=O) groups is 1. The van der Waals surface area contributed by atoms with Crippen LogP contribution in [0.3, 0.4) is 0 Å². The summed E-state index contributed by atoms with van der Waals surface area (Å²) < 4.78 is 16.2. The standard InChI is InChI=1S/C18H26N2O4/c1-18(13-23-14-18)17(21)20-8-6-19(7-9-20)10-11-24-16-5-3-4-15(12-16)22-2/h3-5,12H,6-11,13-14H2,1-2H3. The van der Waals surface area contributed by atoms with Gasteiger partial charge in [-0.05, 0) is 19.1 Å². The monoisotopic (exact) mass is 334 g/mol. The molecule has 1 aromatic rings. The predicted octanol–water partition coefficient (Wildman–Crippen LogP) is 1.25. The van der Waals surface area contributed by atoms with Crippen molar-refractivity contribution >= 4 is 5.91 Å². The van der Waals surface area contributed by atoms with Crippen molar-refractivity contribution in [3.05, 3.63) is 24.3 Å². The fourth-order valence-corrected chi connectivity index (χ4v) is 3.07. The van der Waals surface area contributed by atoms with Crippen molar-refractivity contribution < 1.29 is 19.0 Å². The molecule has 0 unspecified atom stereocenters. The number of amides is 1. The molecule has 0 bridgehead atoms. The van der Waals surface area contributed by atoms with E-state index >= 15 is 0 Å². The van der Waals surface area contributed by atoms with Crippen LogP contribution in [0.5, 0.6) is 11.5 Å². The number of piperazine rings is 1. The van der Waals surface area contributed by atoms with E-state index in [-0.39, 0.29) is 11.3 Å². The smallest absolute Gasteiger partial charge is 0.233 e. The van der Waals surface area contributed by atoms with Crippen molar-refractivity contribution in [1.29, 1.82) is 0 Å². The Morgan fingerprint density at radius 3 is 2.54 bits per heavy atom. The highest BCUT2D eigenvalue weighted by molar-refractivity contribution is 5.83. The van der Waals surface area contributed by atoms with E-state index in [9.17, 15) is 4.79 Å². The molecule has 2 saturated heterocycles. The van der Waals surface area contributed by atoms with Crippen LogP contribution in [0.4, 0.5) is 0 Å². The lowest BCUT2D eigenvalue weighted by molar-refractivity contribution is -0.170. The fourth-order valence-electron chi connectivity index (χ4n) is 3.07. The lowest BCUT2D eigenvalue weighted by atomic mass is 9.86. The van der Waals surface area contributed by atoms with Gasteiger partial charge in [-0.2, -0.15) is 0 Å². The van der Waals surface area contributed by atoms with Crippen LogP contribution >= 0.6 is 0 Å². The molecule has 3 rings (SSSR count). The predicted molar refractivity (Wildman–Crippen MR) is 90.4 cm³/mol. The van der Waals surface area contributed by atoms with Crippen molar-refractivity contribution in [2.45, 2.75) is 6.92 Å². The first-order chi connectivity index (χ1) is 11.6. The first kappa shape index (κ1) is 17.0. The number of nitrogens with zero attached hydrogens (tertiary/aromatic N) is 2. The summed E-state index contributed by atoms with van der Waals surface area (Å²) >= 11 is 0. The molecule has 0 aliphatic carbocycles. The normalized spacial score (nSPS) is 20.3. The number of hydrogen-bond acceptors (Lipinski definition) is 5. The highest BCUT2D eigenvalue weighted by Gasteiger charge is 2.43. The minimum Gasteiger partial charge on any atom is -0.497 e. The molecule has 2 heterocycles. The quantitative estimate of drug-likeness (QED) is 0.784. The van der Waals surface area contributed by atoms with Crippen LogP contribution in [-0.2, 0) is 9.53 Å². The van der Waals surface area contributed by atoms with Gasteiger partial charge in [0.25, 0.3) is 0 Å². The van der Waals surface area contributed by atoms with Crippen LogP contribution in [0.15, 0.2) is 24.3 Å². The Kier molecular flexibility index (Phi) is 5.26.